The molecule has 0 amide bonds. The maximum Gasteiger partial charge on any atom is 0.0665 e. The van der Waals surface area contributed by atoms with Crippen LogP contribution in [-0.4, -0.2) is 5.71 Å². The monoisotopic (exact) mass is 173 g/mol. The number of para-hydroxylation sites is 1. The van der Waals surface area contributed by atoms with E-state index >= 15 is 0 Å². The van der Waals surface area contributed by atoms with Gasteiger partial charge in [-0.15, -0.1) is 0 Å². The molecule has 1 aliphatic rings. The second-order valence-electron chi connectivity index (χ2n) is 4.61. The number of hydrogen-bond acceptors (Lipinski definition) is 1. The highest BCUT2D eigenvalue weighted by Crippen LogP contribution is 2.32. The molecule has 0 bridgehead atoms. The molecule has 0 radical (unpaired) electrons. The molecule has 1 aromatic rings. The summed E-state index contributed by atoms with van der Waals surface area (Å²) in [6.07, 6.45) is 1.03. The lowest BCUT2D eigenvalue weighted by molar-refractivity contribution is 0.584. The molecule has 1 heteroatoms. The van der Waals surface area contributed by atoms with E-state index in [1.165, 1.54) is 11.3 Å². The number of nitrogens with zero attached hydrogens (tertiary/aromatic N) is 1. The van der Waals surface area contributed by atoms with Crippen molar-refractivity contribution in [2.75, 3.05) is 0 Å². The Hall–Kier alpha value is -1.11. The summed E-state index contributed by atoms with van der Waals surface area (Å²) in [5.41, 5.74) is 4.03. The van der Waals surface area contributed by atoms with Crippen LogP contribution in [-0.2, 0) is 6.42 Å². The first kappa shape index (κ1) is 8.49. The minimum atomic E-state index is 0.207. The molecule has 0 spiro atoms. The Morgan fingerprint density at radius 2 is 1.85 bits per heavy atom. The fourth-order valence-corrected chi connectivity index (χ4v) is 1.57. The second kappa shape index (κ2) is 2.69. The molecular formula is C12H15N. The van der Waals surface area contributed by atoms with Crippen molar-refractivity contribution in [3.63, 3.8) is 0 Å². The van der Waals surface area contributed by atoms with Crippen LogP contribution in [0.4, 0.5) is 5.69 Å². The van der Waals surface area contributed by atoms with Gasteiger partial charge >= 0.3 is 0 Å². The summed E-state index contributed by atoms with van der Waals surface area (Å²) in [5, 5.41) is 0. The third-order valence-corrected chi connectivity index (χ3v) is 2.47. The smallest absolute Gasteiger partial charge is 0.0665 e. The van der Waals surface area contributed by atoms with Gasteiger partial charge in [0, 0.05) is 17.5 Å². The van der Waals surface area contributed by atoms with E-state index in [2.05, 4.69) is 44.0 Å². The van der Waals surface area contributed by atoms with E-state index < -0.39 is 0 Å². The van der Waals surface area contributed by atoms with Crippen molar-refractivity contribution < 1.29 is 0 Å². The average Bonchev–Trinajstić information content (AvgIpc) is 2.45. The van der Waals surface area contributed by atoms with Crippen LogP contribution in [0.3, 0.4) is 0 Å². The summed E-state index contributed by atoms with van der Waals surface area (Å²) < 4.78 is 0. The lowest BCUT2D eigenvalue weighted by Gasteiger charge is -2.17. The molecule has 0 saturated heterocycles. The Balaban J connectivity index is 2.37. The van der Waals surface area contributed by atoms with Gasteiger partial charge in [-0.25, -0.2) is 0 Å². The number of aliphatic imine (C=N–C) groups is 1. The third-order valence-electron chi connectivity index (χ3n) is 2.47. The van der Waals surface area contributed by atoms with Crippen molar-refractivity contribution >= 4 is 11.4 Å². The van der Waals surface area contributed by atoms with Crippen LogP contribution in [0, 0.1) is 5.41 Å². The van der Waals surface area contributed by atoms with E-state index in [-0.39, 0.29) is 5.41 Å². The lowest BCUT2D eigenvalue weighted by atomic mass is 9.87. The minimum absolute atomic E-state index is 0.207. The molecule has 1 heterocycles. The maximum absolute atomic E-state index is 4.64. The molecule has 1 nitrogen and oxygen atoms in total. The third kappa shape index (κ3) is 1.51. The Kier molecular flexibility index (Phi) is 1.76. The van der Waals surface area contributed by atoms with E-state index in [9.17, 15) is 0 Å². The van der Waals surface area contributed by atoms with Gasteiger partial charge in [0.25, 0.3) is 0 Å². The van der Waals surface area contributed by atoms with E-state index in [0.717, 1.165) is 12.1 Å². The Bertz CT molecular complexity index is 356. The van der Waals surface area contributed by atoms with E-state index in [1.54, 1.807) is 0 Å². The van der Waals surface area contributed by atoms with Gasteiger partial charge in [0.2, 0.25) is 0 Å². The molecule has 0 atom stereocenters. The molecule has 68 valence electrons. The van der Waals surface area contributed by atoms with Gasteiger partial charge in [-0.1, -0.05) is 39.0 Å². The summed E-state index contributed by atoms with van der Waals surface area (Å²) >= 11 is 0. The van der Waals surface area contributed by atoms with Gasteiger partial charge in [0.1, 0.15) is 0 Å². The van der Waals surface area contributed by atoms with Crippen LogP contribution in [0.5, 0.6) is 0 Å². The zero-order valence-electron chi connectivity index (χ0n) is 8.46. The Labute approximate surface area is 79.5 Å². The lowest BCUT2D eigenvalue weighted by Crippen LogP contribution is -2.19. The van der Waals surface area contributed by atoms with Crippen molar-refractivity contribution in [2.24, 2.45) is 10.4 Å². The SMILES string of the molecule is CC(C)(C)C1=Nc2ccccc2C1. The zero-order valence-corrected chi connectivity index (χ0v) is 8.46. The predicted molar refractivity (Wildman–Crippen MR) is 56.7 cm³/mol. The van der Waals surface area contributed by atoms with E-state index in [0.29, 0.717) is 0 Å². The Morgan fingerprint density at radius 3 is 2.46 bits per heavy atom. The average molecular weight is 173 g/mol. The highest BCUT2D eigenvalue weighted by Gasteiger charge is 2.24. The van der Waals surface area contributed by atoms with Crippen LogP contribution >= 0.6 is 0 Å². The molecule has 0 fully saturated rings. The van der Waals surface area contributed by atoms with Gasteiger partial charge < -0.3 is 0 Å². The fraction of sp³-hybridized carbons (Fsp3) is 0.417. The molecule has 13 heavy (non-hydrogen) atoms. The molecular weight excluding hydrogens is 158 g/mol. The van der Waals surface area contributed by atoms with Gasteiger partial charge in [-0.3, -0.25) is 4.99 Å². The highest BCUT2D eigenvalue weighted by atomic mass is 14.8. The largest absolute Gasteiger partial charge is 0.257 e. The predicted octanol–water partition coefficient (Wildman–Crippen LogP) is 3.36. The quantitative estimate of drug-likeness (QED) is 0.570. The van der Waals surface area contributed by atoms with Crippen LogP contribution < -0.4 is 0 Å². The van der Waals surface area contributed by atoms with Crippen molar-refractivity contribution in [2.45, 2.75) is 27.2 Å². The summed E-state index contributed by atoms with van der Waals surface area (Å²) in [4.78, 5) is 4.64. The van der Waals surface area contributed by atoms with Crippen LogP contribution in [0.15, 0.2) is 29.3 Å². The maximum atomic E-state index is 4.64. The molecule has 1 aliphatic heterocycles. The molecule has 0 N–H and O–H groups in total. The molecule has 1 aromatic carbocycles. The fourth-order valence-electron chi connectivity index (χ4n) is 1.57. The van der Waals surface area contributed by atoms with E-state index in [4.69, 9.17) is 0 Å². The van der Waals surface area contributed by atoms with Gasteiger partial charge in [0.05, 0.1) is 5.69 Å². The summed E-state index contributed by atoms with van der Waals surface area (Å²) in [6, 6.07) is 8.39. The normalized spacial score (nSPS) is 15.5. The molecule has 0 unspecified atom stereocenters. The number of hydrogen-bond donors (Lipinski definition) is 0. The molecule has 0 saturated carbocycles. The number of benzene rings is 1. The van der Waals surface area contributed by atoms with Crippen LogP contribution in [0.2, 0.25) is 0 Å². The second-order valence-corrected chi connectivity index (χ2v) is 4.61. The summed E-state index contributed by atoms with van der Waals surface area (Å²) in [6.45, 7) is 6.66. The van der Waals surface area contributed by atoms with Crippen LogP contribution in [0.25, 0.3) is 0 Å². The molecule has 0 aromatic heterocycles. The minimum Gasteiger partial charge on any atom is -0.257 e. The Morgan fingerprint density at radius 1 is 1.15 bits per heavy atom. The number of fused-ring (bicyclic) bond motifs is 1. The van der Waals surface area contributed by atoms with Crippen LogP contribution in [0.1, 0.15) is 26.3 Å². The van der Waals surface area contributed by atoms with Crippen molar-refractivity contribution in [3.8, 4) is 0 Å². The molecule has 0 aliphatic carbocycles. The summed E-state index contributed by atoms with van der Waals surface area (Å²) in [7, 11) is 0. The molecule has 2 rings (SSSR count). The first-order valence-electron chi connectivity index (χ1n) is 4.73. The van der Waals surface area contributed by atoms with Crippen molar-refractivity contribution in [1.29, 1.82) is 0 Å². The first-order chi connectivity index (χ1) is 6.07. The zero-order chi connectivity index (χ0) is 9.47. The first-order valence-corrected chi connectivity index (χ1v) is 4.73. The van der Waals surface area contributed by atoms with Gasteiger partial charge in [0.15, 0.2) is 0 Å². The topological polar surface area (TPSA) is 12.4 Å². The number of rotatable bonds is 0. The highest BCUT2D eigenvalue weighted by molar-refractivity contribution is 5.97. The van der Waals surface area contributed by atoms with Crippen molar-refractivity contribution in [1.82, 2.24) is 0 Å². The summed E-state index contributed by atoms with van der Waals surface area (Å²) in [5.74, 6) is 0. The van der Waals surface area contributed by atoms with Crippen molar-refractivity contribution in [3.05, 3.63) is 29.8 Å². The van der Waals surface area contributed by atoms with Gasteiger partial charge in [-0.05, 0) is 11.6 Å². The van der Waals surface area contributed by atoms with E-state index in [1.807, 2.05) is 6.07 Å². The standard InChI is InChI=1S/C12H15N/c1-12(2,3)11-8-9-6-4-5-7-10(9)13-11/h4-7H,8H2,1-3H3. The van der Waals surface area contributed by atoms with Gasteiger partial charge in [-0.2, -0.15) is 0 Å².